The molecule has 1 amide bonds. The van der Waals surface area contributed by atoms with Gasteiger partial charge in [0.05, 0.1) is 5.69 Å². The monoisotopic (exact) mass is 333 g/mol. The third-order valence-electron chi connectivity index (χ3n) is 3.96. The summed E-state index contributed by atoms with van der Waals surface area (Å²) in [6, 6.07) is 6.40. The number of carbonyl (C=O) groups excluding carboxylic acids is 1. The summed E-state index contributed by atoms with van der Waals surface area (Å²) < 4.78 is 27.8. The normalized spacial score (nSPS) is 19.0. The Labute approximate surface area is 135 Å². The summed E-state index contributed by atoms with van der Waals surface area (Å²) in [5.74, 6) is -0.680. The van der Waals surface area contributed by atoms with Crippen molar-refractivity contribution in [2.24, 2.45) is 4.40 Å². The van der Waals surface area contributed by atoms with Crippen LogP contribution in [0.3, 0.4) is 0 Å². The van der Waals surface area contributed by atoms with Crippen LogP contribution in [0.4, 0.5) is 5.69 Å². The number of fused-ring (bicyclic) bond motifs is 1. The van der Waals surface area contributed by atoms with Crippen LogP contribution in [0.2, 0.25) is 0 Å². The van der Waals surface area contributed by atoms with E-state index in [2.05, 4.69) is 21.1 Å². The molecule has 1 aromatic rings. The van der Waals surface area contributed by atoms with E-state index in [0.717, 1.165) is 19.3 Å². The van der Waals surface area contributed by atoms with Crippen molar-refractivity contribution in [3.05, 3.63) is 35.9 Å². The molecular weight excluding hydrogens is 314 g/mol. The summed E-state index contributed by atoms with van der Waals surface area (Å²) in [5, 5.41) is 5.52. The average Bonchev–Trinajstić information content (AvgIpc) is 2.55. The number of nitrogens with zero attached hydrogens (tertiary/aromatic N) is 1. The lowest BCUT2D eigenvalue weighted by Gasteiger charge is -2.18. The smallest absolute Gasteiger partial charge is 0.287 e. The molecule has 0 unspecified atom stereocenters. The molecule has 23 heavy (non-hydrogen) atoms. The number of nitrogens with one attached hydrogen (secondary N) is 2. The van der Waals surface area contributed by atoms with Crippen molar-refractivity contribution in [1.29, 1.82) is 0 Å². The van der Waals surface area contributed by atoms with Crippen molar-refractivity contribution in [3.8, 4) is 0 Å². The molecule has 0 fully saturated rings. The highest BCUT2D eigenvalue weighted by molar-refractivity contribution is 7.90. The molecule has 1 aromatic carbocycles. The fourth-order valence-electron chi connectivity index (χ4n) is 2.76. The zero-order valence-corrected chi connectivity index (χ0v) is 13.5. The zero-order valence-electron chi connectivity index (χ0n) is 12.7. The molecule has 0 saturated carbocycles. The largest absolute Gasteiger partial charge is 0.349 e. The molecule has 0 radical (unpaired) electrons. The maximum atomic E-state index is 12.1. The number of carbonyl (C=O) groups is 1. The quantitative estimate of drug-likeness (QED) is 0.827. The van der Waals surface area contributed by atoms with Gasteiger partial charge in [0.2, 0.25) is 5.84 Å². The van der Waals surface area contributed by atoms with E-state index in [-0.39, 0.29) is 10.7 Å². The average molecular weight is 333 g/mol. The first kappa shape index (κ1) is 15.7. The molecular formula is C16H19N3O3S. The van der Waals surface area contributed by atoms with Gasteiger partial charge in [-0.2, -0.15) is 8.42 Å². The van der Waals surface area contributed by atoms with Crippen LogP contribution in [0, 0.1) is 0 Å². The molecule has 0 spiro atoms. The lowest BCUT2D eigenvalue weighted by molar-refractivity contribution is -0.114. The fraction of sp³-hybridized carbons (Fsp3) is 0.375. The number of para-hydroxylation sites is 1. The van der Waals surface area contributed by atoms with E-state index in [1.165, 1.54) is 24.5 Å². The number of hydrogen-bond donors (Lipinski definition) is 2. The molecule has 1 aliphatic carbocycles. The topological polar surface area (TPSA) is 87.6 Å². The summed E-state index contributed by atoms with van der Waals surface area (Å²) in [7, 11) is -3.83. The van der Waals surface area contributed by atoms with Gasteiger partial charge in [-0.05, 0) is 44.2 Å². The number of anilines is 1. The lowest BCUT2D eigenvalue weighted by atomic mass is 9.97. The molecule has 6 nitrogen and oxygen atoms in total. The maximum absolute atomic E-state index is 12.1. The van der Waals surface area contributed by atoms with Gasteiger partial charge in [-0.1, -0.05) is 23.8 Å². The number of benzene rings is 1. The Kier molecular flexibility index (Phi) is 4.47. The van der Waals surface area contributed by atoms with Crippen LogP contribution in [-0.4, -0.2) is 26.7 Å². The van der Waals surface area contributed by atoms with Gasteiger partial charge < -0.3 is 10.6 Å². The van der Waals surface area contributed by atoms with Gasteiger partial charge in [-0.15, -0.1) is 4.40 Å². The van der Waals surface area contributed by atoms with E-state index in [0.29, 0.717) is 12.2 Å². The molecule has 1 heterocycles. The minimum absolute atomic E-state index is 0.0870. The summed E-state index contributed by atoms with van der Waals surface area (Å²) >= 11 is 0. The van der Waals surface area contributed by atoms with Crippen LogP contribution < -0.4 is 10.6 Å². The van der Waals surface area contributed by atoms with Crippen molar-refractivity contribution in [2.75, 3.05) is 11.9 Å². The number of amidine groups is 1. The van der Waals surface area contributed by atoms with E-state index in [9.17, 15) is 13.2 Å². The summed E-state index contributed by atoms with van der Waals surface area (Å²) in [4.78, 5) is 12.2. The zero-order chi connectivity index (χ0) is 16.3. The molecule has 0 saturated heterocycles. The van der Waals surface area contributed by atoms with Crippen LogP contribution in [0.25, 0.3) is 0 Å². The van der Waals surface area contributed by atoms with E-state index < -0.39 is 15.9 Å². The van der Waals surface area contributed by atoms with Crippen molar-refractivity contribution < 1.29 is 13.2 Å². The maximum Gasteiger partial charge on any atom is 0.287 e. The third kappa shape index (κ3) is 3.61. The Bertz CT molecular complexity index is 782. The van der Waals surface area contributed by atoms with Gasteiger partial charge in [-0.3, -0.25) is 4.79 Å². The third-order valence-corrected chi connectivity index (χ3v) is 5.30. The second-order valence-corrected chi connectivity index (χ2v) is 7.22. The molecule has 7 heteroatoms. The molecule has 122 valence electrons. The second-order valence-electron chi connectivity index (χ2n) is 5.65. The van der Waals surface area contributed by atoms with Crippen LogP contribution in [0.5, 0.6) is 0 Å². The van der Waals surface area contributed by atoms with E-state index in [1.807, 2.05) is 0 Å². The molecule has 1 aliphatic heterocycles. The Morgan fingerprint density at radius 2 is 2.09 bits per heavy atom. The lowest BCUT2D eigenvalue weighted by Crippen LogP contribution is -2.38. The summed E-state index contributed by atoms with van der Waals surface area (Å²) in [5.41, 5.74) is 1.73. The number of rotatable bonds is 4. The number of sulfonamides is 1. The number of allylic oxidation sites excluding steroid dienone is 1. The van der Waals surface area contributed by atoms with Gasteiger partial charge in [-0.25, -0.2) is 0 Å². The molecule has 0 bridgehead atoms. The SMILES string of the molecule is O=C(NCCC1=CCCCC1)C1=NS(=O)(=O)c2ccccc2N1. The van der Waals surface area contributed by atoms with Crippen LogP contribution >= 0.6 is 0 Å². The first-order valence-electron chi connectivity index (χ1n) is 7.73. The fourth-order valence-corrected chi connectivity index (χ4v) is 3.88. The van der Waals surface area contributed by atoms with Crippen molar-refractivity contribution in [2.45, 2.75) is 37.0 Å². The minimum Gasteiger partial charge on any atom is -0.349 e. The predicted molar refractivity (Wildman–Crippen MR) is 88.9 cm³/mol. The van der Waals surface area contributed by atoms with E-state index in [1.54, 1.807) is 18.2 Å². The molecule has 2 N–H and O–H groups in total. The Morgan fingerprint density at radius 1 is 1.26 bits per heavy atom. The van der Waals surface area contributed by atoms with E-state index >= 15 is 0 Å². The summed E-state index contributed by atoms with van der Waals surface area (Å²) in [6.07, 6.45) is 7.63. The predicted octanol–water partition coefficient (Wildman–Crippen LogP) is 2.21. The minimum atomic E-state index is -3.83. The van der Waals surface area contributed by atoms with Gasteiger partial charge in [0.1, 0.15) is 4.90 Å². The number of hydrogen-bond acceptors (Lipinski definition) is 4. The van der Waals surface area contributed by atoms with Crippen molar-refractivity contribution in [3.63, 3.8) is 0 Å². The Hall–Kier alpha value is -2.15. The van der Waals surface area contributed by atoms with Gasteiger partial charge in [0, 0.05) is 6.54 Å². The first-order valence-corrected chi connectivity index (χ1v) is 9.17. The first-order chi connectivity index (χ1) is 11.1. The van der Waals surface area contributed by atoms with Gasteiger partial charge in [0.15, 0.2) is 0 Å². The van der Waals surface area contributed by atoms with Crippen LogP contribution in [0.15, 0.2) is 45.2 Å². The van der Waals surface area contributed by atoms with Crippen LogP contribution in [-0.2, 0) is 14.8 Å². The van der Waals surface area contributed by atoms with E-state index in [4.69, 9.17) is 0 Å². The molecule has 0 aromatic heterocycles. The highest BCUT2D eigenvalue weighted by Gasteiger charge is 2.27. The highest BCUT2D eigenvalue weighted by atomic mass is 32.2. The number of amides is 1. The highest BCUT2D eigenvalue weighted by Crippen LogP contribution is 2.26. The Balaban J connectivity index is 1.64. The van der Waals surface area contributed by atoms with Crippen LogP contribution in [0.1, 0.15) is 32.1 Å². The van der Waals surface area contributed by atoms with Gasteiger partial charge >= 0.3 is 0 Å². The Morgan fingerprint density at radius 3 is 2.87 bits per heavy atom. The van der Waals surface area contributed by atoms with Gasteiger partial charge in [0.25, 0.3) is 15.9 Å². The molecule has 3 rings (SSSR count). The van der Waals surface area contributed by atoms with Crippen molar-refractivity contribution >= 4 is 27.5 Å². The standard InChI is InChI=1S/C16H19N3O3S/c20-16(17-11-10-12-6-2-1-3-7-12)15-18-13-8-4-5-9-14(13)23(21,22)19-15/h4-6,8-9H,1-3,7,10-11H2,(H,17,20)(H,18,19). The summed E-state index contributed by atoms with van der Waals surface area (Å²) in [6.45, 7) is 0.479. The van der Waals surface area contributed by atoms with Crippen molar-refractivity contribution in [1.82, 2.24) is 5.32 Å². The molecule has 0 atom stereocenters. The second kappa shape index (κ2) is 6.54. The molecule has 2 aliphatic rings.